The second-order valence-corrected chi connectivity index (χ2v) is 7.21. The van der Waals surface area contributed by atoms with Gasteiger partial charge in [0.2, 0.25) is 0 Å². The van der Waals surface area contributed by atoms with Gasteiger partial charge in [-0.2, -0.15) is 4.37 Å². The van der Waals surface area contributed by atoms with Crippen molar-refractivity contribution in [3.05, 3.63) is 53.6 Å². The van der Waals surface area contributed by atoms with Crippen molar-refractivity contribution in [2.45, 2.75) is 18.8 Å². The van der Waals surface area contributed by atoms with Crippen LogP contribution < -0.4 is 5.32 Å². The smallest absolute Gasteiger partial charge is 0.173 e. The fraction of sp³-hybridized carbons (Fsp3) is 0.263. The molecule has 1 fully saturated rings. The fourth-order valence-corrected chi connectivity index (χ4v) is 4.23. The van der Waals surface area contributed by atoms with E-state index in [9.17, 15) is 4.39 Å². The van der Waals surface area contributed by atoms with Crippen LogP contribution in [-0.2, 0) is 0 Å². The van der Waals surface area contributed by atoms with Gasteiger partial charge in [-0.05, 0) is 61.2 Å². The van der Waals surface area contributed by atoms with Crippen LogP contribution in [0.15, 0.2) is 42.0 Å². The van der Waals surface area contributed by atoms with Gasteiger partial charge in [-0.25, -0.2) is 9.37 Å². The van der Waals surface area contributed by atoms with E-state index in [0.29, 0.717) is 11.6 Å². The number of pyridine rings is 1. The molecule has 1 saturated heterocycles. The van der Waals surface area contributed by atoms with Gasteiger partial charge in [-0.3, -0.25) is 0 Å². The second-order valence-electron chi connectivity index (χ2n) is 6.59. The molecule has 25 heavy (non-hydrogen) atoms. The molecule has 4 aromatic rings. The number of aromatic nitrogens is 3. The maximum Gasteiger partial charge on any atom is 0.173 e. The normalized spacial score (nSPS) is 16.0. The molecule has 4 heterocycles. The van der Waals surface area contributed by atoms with E-state index >= 15 is 0 Å². The van der Waals surface area contributed by atoms with Gasteiger partial charge >= 0.3 is 0 Å². The van der Waals surface area contributed by atoms with Crippen LogP contribution in [0.1, 0.15) is 24.5 Å². The molecule has 0 radical (unpaired) electrons. The first kappa shape index (κ1) is 15.0. The Hall–Kier alpha value is -2.31. The largest absolute Gasteiger partial charge is 0.317 e. The number of piperidine rings is 1. The molecule has 0 bridgehead atoms. The Labute approximate surface area is 148 Å². The van der Waals surface area contributed by atoms with Gasteiger partial charge in [0, 0.05) is 34.6 Å². The Morgan fingerprint density at radius 2 is 2.00 bits per heavy atom. The van der Waals surface area contributed by atoms with Crippen molar-refractivity contribution in [3.8, 4) is 11.1 Å². The highest BCUT2D eigenvalue weighted by Gasteiger charge is 2.19. The molecule has 0 aliphatic carbocycles. The summed E-state index contributed by atoms with van der Waals surface area (Å²) in [4.78, 5) is 4.56. The summed E-state index contributed by atoms with van der Waals surface area (Å²) in [6, 6.07) is 7.62. The number of rotatable bonds is 2. The zero-order valence-electron chi connectivity index (χ0n) is 13.6. The molecule has 1 aliphatic rings. The Morgan fingerprint density at radius 1 is 1.12 bits per heavy atom. The first-order valence-electron chi connectivity index (χ1n) is 8.51. The summed E-state index contributed by atoms with van der Waals surface area (Å²) in [6.45, 7) is 2.00. The monoisotopic (exact) mass is 352 g/mol. The summed E-state index contributed by atoms with van der Waals surface area (Å²) < 4.78 is 20.8. The van der Waals surface area contributed by atoms with Gasteiger partial charge in [0.15, 0.2) is 11.5 Å². The number of imidazole rings is 1. The first-order chi connectivity index (χ1) is 12.3. The topological polar surface area (TPSA) is 42.2 Å². The van der Waals surface area contributed by atoms with Crippen LogP contribution in [-0.4, -0.2) is 26.8 Å². The molecule has 0 atom stereocenters. The maximum atomic E-state index is 14.7. The van der Waals surface area contributed by atoms with E-state index in [4.69, 9.17) is 0 Å². The summed E-state index contributed by atoms with van der Waals surface area (Å²) in [7, 11) is 0. The van der Waals surface area contributed by atoms with E-state index in [1.54, 1.807) is 6.07 Å². The number of hydrogen-bond donors (Lipinski definition) is 1. The van der Waals surface area contributed by atoms with Gasteiger partial charge in [0.25, 0.3) is 0 Å². The Bertz CT molecular complexity index is 1060. The van der Waals surface area contributed by atoms with Crippen LogP contribution in [0.25, 0.3) is 27.7 Å². The third-order valence-corrected chi connectivity index (χ3v) is 5.64. The summed E-state index contributed by atoms with van der Waals surface area (Å²) in [5.74, 6) is 0.137. The molecule has 0 spiro atoms. The van der Waals surface area contributed by atoms with E-state index < -0.39 is 0 Å². The van der Waals surface area contributed by atoms with Crippen molar-refractivity contribution in [2.24, 2.45) is 0 Å². The maximum absolute atomic E-state index is 14.7. The summed E-state index contributed by atoms with van der Waals surface area (Å²) in [5, 5.41) is 6.46. The minimum atomic E-state index is -0.277. The third kappa shape index (κ3) is 2.62. The predicted octanol–water partition coefficient (Wildman–Crippen LogP) is 4.22. The highest BCUT2D eigenvalue weighted by molar-refractivity contribution is 7.04. The number of benzene rings is 1. The van der Waals surface area contributed by atoms with E-state index in [-0.39, 0.29) is 5.82 Å². The van der Waals surface area contributed by atoms with Crippen LogP contribution >= 0.6 is 11.5 Å². The molecule has 4 nitrogen and oxygen atoms in total. The summed E-state index contributed by atoms with van der Waals surface area (Å²) in [5.41, 5.74) is 4.23. The average molecular weight is 352 g/mol. The van der Waals surface area contributed by atoms with Crippen LogP contribution in [0, 0.1) is 5.82 Å². The first-order valence-corrected chi connectivity index (χ1v) is 9.35. The van der Waals surface area contributed by atoms with Crippen molar-refractivity contribution in [2.75, 3.05) is 13.1 Å². The van der Waals surface area contributed by atoms with Gasteiger partial charge in [-0.1, -0.05) is 6.07 Å². The highest BCUT2D eigenvalue weighted by Crippen LogP contribution is 2.29. The zero-order valence-corrected chi connectivity index (χ0v) is 14.4. The molecule has 0 unspecified atom stereocenters. The van der Waals surface area contributed by atoms with Gasteiger partial charge < -0.3 is 9.72 Å². The number of nitrogens with one attached hydrogen (secondary N) is 1. The standard InChI is InChI=1S/C19H17FN4S/c20-16-8-14(13-1-2-17-15(7-13)11-25-23-17)9-24-10-18(22-19(16)24)12-3-5-21-6-4-12/h1-2,7-12,21H,3-6H2. The van der Waals surface area contributed by atoms with Gasteiger partial charge in [-0.15, -0.1) is 0 Å². The van der Waals surface area contributed by atoms with E-state index in [0.717, 1.165) is 53.7 Å². The number of halogens is 1. The Kier molecular flexibility index (Phi) is 3.53. The lowest BCUT2D eigenvalue weighted by Gasteiger charge is -2.20. The van der Waals surface area contributed by atoms with Crippen LogP contribution in [0.3, 0.4) is 0 Å². The quantitative estimate of drug-likeness (QED) is 0.587. The molecule has 0 saturated carbocycles. The van der Waals surface area contributed by atoms with Crippen LogP contribution in [0.5, 0.6) is 0 Å². The number of nitrogens with zero attached hydrogens (tertiary/aromatic N) is 3. The lowest BCUT2D eigenvalue weighted by Crippen LogP contribution is -2.26. The number of fused-ring (bicyclic) bond motifs is 2. The predicted molar refractivity (Wildman–Crippen MR) is 98.6 cm³/mol. The number of hydrogen-bond acceptors (Lipinski definition) is 4. The van der Waals surface area contributed by atoms with Crippen molar-refractivity contribution >= 4 is 28.1 Å². The molecule has 126 valence electrons. The molecule has 0 amide bonds. The molecule has 1 aromatic carbocycles. The molecule has 1 N–H and O–H groups in total. The van der Waals surface area contributed by atoms with Gasteiger partial charge in [0.05, 0.1) is 11.2 Å². The molecular weight excluding hydrogens is 335 g/mol. The average Bonchev–Trinajstić information content (AvgIpc) is 3.28. The Morgan fingerprint density at radius 3 is 2.88 bits per heavy atom. The van der Waals surface area contributed by atoms with Crippen molar-refractivity contribution in [3.63, 3.8) is 0 Å². The van der Waals surface area contributed by atoms with Crippen LogP contribution in [0.4, 0.5) is 4.39 Å². The van der Waals surface area contributed by atoms with Gasteiger partial charge in [0.1, 0.15) is 0 Å². The molecule has 5 rings (SSSR count). The summed E-state index contributed by atoms with van der Waals surface area (Å²) >= 11 is 1.44. The summed E-state index contributed by atoms with van der Waals surface area (Å²) in [6.07, 6.45) is 6.07. The lowest BCUT2D eigenvalue weighted by atomic mass is 9.95. The minimum absolute atomic E-state index is 0.277. The minimum Gasteiger partial charge on any atom is -0.317 e. The highest BCUT2D eigenvalue weighted by atomic mass is 32.1. The third-order valence-electron chi connectivity index (χ3n) is 4.97. The SMILES string of the molecule is Fc1cc(-c2ccc3nscc3c2)cn2cc(C3CCNCC3)nc12. The van der Waals surface area contributed by atoms with E-state index in [1.165, 1.54) is 11.5 Å². The van der Waals surface area contributed by atoms with E-state index in [1.807, 2.05) is 34.3 Å². The van der Waals surface area contributed by atoms with E-state index in [2.05, 4.69) is 20.7 Å². The molecular formula is C19H17FN4S. The molecule has 3 aromatic heterocycles. The lowest BCUT2D eigenvalue weighted by molar-refractivity contribution is 0.454. The second kappa shape index (κ2) is 5.89. The fourth-order valence-electron chi connectivity index (χ4n) is 3.60. The van der Waals surface area contributed by atoms with Crippen molar-refractivity contribution in [1.29, 1.82) is 0 Å². The molecule has 1 aliphatic heterocycles. The zero-order chi connectivity index (χ0) is 16.8. The van der Waals surface area contributed by atoms with Crippen molar-refractivity contribution < 1.29 is 4.39 Å². The van der Waals surface area contributed by atoms with Crippen molar-refractivity contribution in [1.82, 2.24) is 19.1 Å². The van der Waals surface area contributed by atoms with Crippen LogP contribution in [0.2, 0.25) is 0 Å². The molecule has 6 heteroatoms. The Balaban J connectivity index is 1.59.